The summed E-state index contributed by atoms with van der Waals surface area (Å²) in [7, 11) is 0. The van der Waals surface area contributed by atoms with Crippen LogP contribution in [0.1, 0.15) is 44.6 Å². The second kappa shape index (κ2) is 8.17. The monoisotopic (exact) mass is 350 g/mol. The maximum absolute atomic E-state index is 13.0. The molecular formula is C22H26N2O2. The van der Waals surface area contributed by atoms with Crippen LogP contribution in [0.4, 0.5) is 11.4 Å². The Morgan fingerprint density at radius 1 is 1.15 bits per heavy atom. The van der Waals surface area contributed by atoms with E-state index in [1.54, 1.807) is 4.90 Å². The lowest BCUT2D eigenvalue weighted by Crippen LogP contribution is -2.27. The molecule has 4 heteroatoms. The maximum atomic E-state index is 13.0. The highest BCUT2D eigenvalue weighted by atomic mass is 16.2. The highest BCUT2D eigenvalue weighted by Gasteiger charge is 2.26. The van der Waals surface area contributed by atoms with Crippen LogP contribution >= 0.6 is 0 Å². The average Bonchev–Trinajstić information content (AvgIpc) is 3.09. The third kappa shape index (κ3) is 3.96. The molecule has 0 spiro atoms. The molecule has 0 radical (unpaired) electrons. The van der Waals surface area contributed by atoms with Gasteiger partial charge in [0.2, 0.25) is 11.8 Å². The van der Waals surface area contributed by atoms with Gasteiger partial charge in [-0.05, 0) is 36.1 Å². The van der Waals surface area contributed by atoms with Gasteiger partial charge in [0.05, 0.1) is 5.92 Å². The van der Waals surface area contributed by atoms with Crippen molar-refractivity contribution in [3.8, 4) is 0 Å². The summed E-state index contributed by atoms with van der Waals surface area (Å²) in [6.07, 6.45) is 2.41. The molecule has 2 aromatic rings. The van der Waals surface area contributed by atoms with Gasteiger partial charge in [0, 0.05) is 24.3 Å². The summed E-state index contributed by atoms with van der Waals surface area (Å²) in [6, 6.07) is 17.5. The molecule has 1 aliphatic rings. The van der Waals surface area contributed by atoms with Crippen molar-refractivity contribution in [2.75, 3.05) is 16.8 Å². The van der Waals surface area contributed by atoms with Crippen LogP contribution < -0.4 is 10.2 Å². The summed E-state index contributed by atoms with van der Waals surface area (Å²) in [6.45, 7) is 4.96. The van der Waals surface area contributed by atoms with Crippen molar-refractivity contribution >= 4 is 23.2 Å². The highest BCUT2D eigenvalue weighted by Crippen LogP contribution is 2.30. The lowest BCUT2D eigenvalue weighted by atomic mass is 9.85. The minimum Gasteiger partial charge on any atom is -0.325 e. The Bertz CT molecular complexity index is 773. The topological polar surface area (TPSA) is 49.4 Å². The molecule has 0 unspecified atom stereocenters. The molecule has 1 aliphatic heterocycles. The molecule has 3 rings (SSSR count). The van der Waals surface area contributed by atoms with E-state index in [0.717, 1.165) is 36.3 Å². The van der Waals surface area contributed by atoms with Crippen LogP contribution in [0, 0.1) is 5.92 Å². The third-order valence-electron chi connectivity index (χ3n) is 5.15. The molecule has 26 heavy (non-hydrogen) atoms. The predicted molar refractivity (Wildman–Crippen MR) is 105 cm³/mol. The number of benzene rings is 2. The Morgan fingerprint density at radius 3 is 2.58 bits per heavy atom. The van der Waals surface area contributed by atoms with Gasteiger partial charge in [-0.15, -0.1) is 0 Å². The maximum Gasteiger partial charge on any atom is 0.232 e. The second-order valence-electron chi connectivity index (χ2n) is 6.96. The summed E-state index contributed by atoms with van der Waals surface area (Å²) < 4.78 is 0. The molecule has 2 aromatic carbocycles. The zero-order valence-corrected chi connectivity index (χ0v) is 15.4. The van der Waals surface area contributed by atoms with Crippen LogP contribution in [-0.4, -0.2) is 18.4 Å². The van der Waals surface area contributed by atoms with Crippen LogP contribution in [-0.2, 0) is 9.59 Å². The number of hydrogen-bond acceptors (Lipinski definition) is 2. The fraction of sp³-hybridized carbons (Fsp3) is 0.364. The van der Waals surface area contributed by atoms with Gasteiger partial charge in [-0.1, -0.05) is 56.7 Å². The van der Waals surface area contributed by atoms with Gasteiger partial charge in [-0.3, -0.25) is 9.59 Å². The van der Waals surface area contributed by atoms with Gasteiger partial charge in [0.1, 0.15) is 0 Å². The standard InChI is InChI=1S/C22H26N2O2/c1-3-16(2)21(17-9-5-4-6-10-17)22(26)23-18-11-7-12-19(15-18)24-14-8-13-20(24)25/h4-7,9-12,15-16,21H,3,8,13-14H2,1-2H3,(H,23,26)/t16-,21-/m1/s1. The second-order valence-corrected chi connectivity index (χ2v) is 6.96. The van der Waals surface area contributed by atoms with Crippen molar-refractivity contribution in [2.24, 2.45) is 5.92 Å². The van der Waals surface area contributed by atoms with Gasteiger partial charge in [0.15, 0.2) is 0 Å². The molecule has 2 atom stereocenters. The summed E-state index contributed by atoms with van der Waals surface area (Å²) in [5, 5.41) is 3.06. The van der Waals surface area contributed by atoms with Crippen molar-refractivity contribution in [3.05, 3.63) is 60.2 Å². The number of anilines is 2. The largest absolute Gasteiger partial charge is 0.325 e. The first-order valence-electron chi connectivity index (χ1n) is 9.36. The van der Waals surface area contributed by atoms with E-state index in [-0.39, 0.29) is 23.7 Å². The average molecular weight is 350 g/mol. The number of amides is 2. The van der Waals surface area contributed by atoms with Crippen molar-refractivity contribution in [3.63, 3.8) is 0 Å². The van der Waals surface area contributed by atoms with E-state index >= 15 is 0 Å². The lowest BCUT2D eigenvalue weighted by Gasteiger charge is -2.23. The number of rotatable bonds is 6. The first kappa shape index (κ1) is 18.2. The molecule has 0 aliphatic carbocycles. The fourth-order valence-corrected chi connectivity index (χ4v) is 3.53. The molecule has 1 fully saturated rings. The Hall–Kier alpha value is -2.62. The zero-order valence-electron chi connectivity index (χ0n) is 15.4. The van der Waals surface area contributed by atoms with E-state index in [2.05, 4.69) is 19.2 Å². The van der Waals surface area contributed by atoms with Crippen LogP contribution in [0.3, 0.4) is 0 Å². The summed E-state index contributed by atoms with van der Waals surface area (Å²) in [4.78, 5) is 26.8. The Kier molecular flexibility index (Phi) is 5.71. The van der Waals surface area contributed by atoms with E-state index in [1.807, 2.05) is 54.6 Å². The Labute approximate surface area is 155 Å². The first-order chi connectivity index (χ1) is 12.6. The van der Waals surface area contributed by atoms with E-state index < -0.39 is 0 Å². The minimum atomic E-state index is -0.196. The molecule has 1 N–H and O–H groups in total. The molecule has 136 valence electrons. The Balaban J connectivity index is 1.80. The van der Waals surface area contributed by atoms with Crippen molar-refractivity contribution < 1.29 is 9.59 Å². The van der Waals surface area contributed by atoms with Crippen LogP contribution in [0.15, 0.2) is 54.6 Å². The Morgan fingerprint density at radius 2 is 1.92 bits per heavy atom. The van der Waals surface area contributed by atoms with Crippen molar-refractivity contribution in [2.45, 2.75) is 39.0 Å². The van der Waals surface area contributed by atoms with Gasteiger partial charge < -0.3 is 10.2 Å². The van der Waals surface area contributed by atoms with Crippen molar-refractivity contribution in [1.29, 1.82) is 0 Å². The van der Waals surface area contributed by atoms with Gasteiger partial charge in [-0.2, -0.15) is 0 Å². The lowest BCUT2D eigenvalue weighted by molar-refractivity contribution is -0.119. The number of hydrogen-bond donors (Lipinski definition) is 1. The van der Waals surface area contributed by atoms with Crippen LogP contribution in [0.25, 0.3) is 0 Å². The molecule has 1 saturated heterocycles. The molecule has 1 heterocycles. The fourth-order valence-electron chi connectivity index (χ4n) is 3.53. The molecule has 2 amide bonds. The van der Waals surface area contributed by atoms with E-state index in [0.29, 0.717) is 6.42 Å². The normalized spacial score (nSPS) is 16.4. The van der Waals surface area contributed by atoms with E-state index in [4.69, 9.17) is 0 Å². The quantitative estimate of drug-likeness (QED) is 0.829. The molecule has 0 aromatic heterocycles. The van der Waals surface area contributed by atoms with E-state index in [1.165, 1.54) is 0 Å². The number of nitrogens with zero attached hydrogens (tertiary/aromatic N) is 1. The SMILES string of the molecule is CC[C@@H](C)[C@@H](C(=O)Nc1cccc(N2CCCC2=O)c1)c1ccccc1. The van der Waals surface area contributed by atoms with Gasteiger partial charge >= 0.3 is 0 Å². The number of carbonyl (C=O) groups is 2. The summed E-state index contributed by atoms with van der Waals surface area (Å²) >= 11 is 0. The first-order valence-corrected chi connectivity index (χ1v) is 9.36. The van der Waals surface area contributed by atoms with Crippen LogP contribution in [0.5, 0.6) is 0 Å². The van der Waals surface area contributed by atoms with Gasteiger partial charge in [-0.25, -0.2) is 0 Å². The number of carbonyl (C=O) groups excluding carboxylic acids is 2. The number of nitrogens with one attached hydrogen (secondary N) is 1. The molecule has 0 bridgehead atoms. The zero-order chi connectivity index (χ0) is 18.5. The third-order valence-corrected chi connectivity index (χ3v) is 5.15. The highest BCUT2D eigenvalue weighted by molar-refractivity contribution is 5.98. The summed E-state index contributed by atoms with van der Waals surface area (Å²) in [5.41, 5.74) is 2.62. The minimum absolute atomic E-state index is 0.00421. The summed E-state index contributed by atoms with van der Waals surface area (Å²) in [5.74, 6) is 0.185. The van der Waals surface area contributed by atoms with E-state index in [9.17, 15) is 9.59 Å². The van der Waals surface area contributed by atoms with Gasteiger partial charge in [0.25, 0.3) is 0 Å². The van der Waals surface area contributed by atoms with Crippen molar-refractivity contribution in [1.82, 2.24) is 0 Å². The molecule has 4 nitrogen and oxygen atoms in total. The molecule has 0 saturated carbocycles. The van der Waals surface area contributed by atoms with Crippen LogP contribution in [0.2, 0.25) is 0 Å². The molecular weight excluding hydrogens is 324 g/mol. The smallest absolute Gasteiger partial charge is 0.232 e. The predicted octanol–water partition coefficient (Wildman–Crippen LogP) is 4.58.